The van der Waals surface area contributed by atoms with Gasteiger partial charge in [0.25, 0.3) is 0 Å². The van der Waals surface area contributed by atoms with Crippen LogP contribution >= 0.6 is 23.2 Å². The zero-order valence-corrected chi connectivity index (χ0v) is 14.1. The van der Waals surface area contributed by atoms with E-state index in [1.807, 2.05) is 36.4 Å². The zero-order valence-electron chi connectivity index (χ0n) is 12.6. The predicted octanol–water partition coefficient (Wildman–Crippen LogP) is 5.55. The molecule has 0 atom stereocenters. The Morgan fingerprint density at radius 2 is 1.62 bits per heavy atom. The SMILES string of the molecule is Nc1ccccc1Nc1ccc(C(=O)c2ccc(Cl)cc2Cl)cc1. The minimum absolute atomic E-state index is 0.151. The average molecular weight is 357 g/mol. The fourth-order valence-corrected chi connectivity index (χ4v) is 2.79. The van der Waals surface area contributed by atoms with Gasteiger partial charge in [0.05, 0.1) is 16.4 Å². The van der Waals surface area contributed by atoms with E-state index in [9.17, 15) is 4.79 Å². The number of hydrogen-bond donors (Lipinski definition) is 2. The minimum atomic E-state index is -0.151. The lowest BCUT2D eigenvalue weighted by Crippen LogP contribution is -2.02. The molecule has 0 amide bonds. The maximum atomic E-state index is 12.5. The molecule has 0 aromatic heterocycles. The number of para-hydroxylation sites is 2. The normalized spacial score (nSPS) is 10.4. The fourth-order valence-electron chi connectivity index (χ4n) is 2.30. The Morgan fingerprint density at radius 3 is 2.29 bits per heavy atom. The van der Waals surface area contributed by atoms with E-state index in [4.69, 9.17) is 28.9 Å². The van der Waals surface area contributed by atoms with Crippen LogP contribution in [0.25, 0.3) is 0 Å². The first-order chi connectivity index (χ1) is 11.5. The number of anilines is 3. The largest absolute Gasteiger partial charge is 0.397 e. The van der Waals surface area contributed by atoms with E-state index in [1.54, 1.807) is 30.3 Å². The summed E-state index contributed by atoms with van der Waals surface area (Å²) in [6.07, 6.45) is 0. The molecule has 0 saturated carbocycles. The number of nitrogen functional groups attached to an aromatic ring is 1. The van der Waals surface area contributed by atoms with Crippen LogP contribution in [-0.4, -0.2) is 5.78 Å². The Hall–Kier alpha value is -2.49. The van der Waals surface area contributed by atoms with Crippen LogP contribution < -0.4 is 11.1 Å². The first kappa shape index (κ1) is 16.4. The van der Waals surface area contributed by atoms with Gasteiger partial charge in [0, 0.05) is 21.8 Å². The third-order valence-corrected chi connectivity index (χ3v) is 4.11. The summed E-state index contributed by atoms with van der Waals surface area (Å²) in [7, 11) is 0. The molecule has 0 unspecified atom stereocenters. The van der Waals surface area contributed by atoms with Crippen molar-refractivity contribution in [3.05, 3.63) is 87.9 Å². The molecule has 0 bridgehead atoms. The maximum absolute atomic E-state index is 12.5. The number of carbonyl (C=O) groups excluding carboxylic acids is 1. The van der Waals surface area contributed by atoms with Gasteiger partial charge in [0.15, 0.2) is 5.78 Å². The van der Waals surface area contributed by atoms with Gasteiger partial charge in [-0.2, -0.15) is 0 Å². The van der Waals surface area contributed by atoms with Gasteiger partial charge < -0.3 is 11.1 Å². The Morgan fingerprint density at radius 1 is 0.917 bits per heavy atom. The van der Waals surface area contributed by atoms with E-state index in [2.05, 4.69) is 5.32 Å². The molecule has 3 nitrogen and oxygen atoms in total. The molecule has 3 N–H and O–H groups in total. The third-order valence-electron chi connectivity index (χ3n) is 3.56. The first-order valence-electron chi connectivity index (χ1n) is 7.26. The zero-order chi connectivity index (χ0) is 17.1. The Bertz CT molecular complexity index is 892. The number of hydrogen-bond acceptors (Lipinski definition) is 3. The van der Waals surface area contributed by atoms with Gasteiger partial charge in [0.2, 0.25) is 0 Å². The van der Waals surface area contributed by atoms with Crippen LogP contribution in [0.15, 0.2) is 66.7 Å². The Kier molecular flexibility index (Phi) is 4.74. The molecule has 3 aromatic rings. The van der Waals surface area contributed by atoms with Crippen molar-refractivity contribution in [2.45, 2.75) is 0 Å². The summed E-state index contributed by atoms with van der Waals surface area (Å²) in [5, 5.41) is 4.05. The molecule has 3 rings (SSSR count). The highest BCUT2D eigenvalue weighted by molar-refractivity contribution is 6.37. The van der Waals surface area contributed by atoms with E-state index in [1.165, 1.54) is 0 Å². The smallest absolute Gasteiger partial charge is 0.194 e. The molecule has 0 heterocycles. The van der Waals surface area contributed by atoms with Crippen molar-refractivity contribution in [3.8, 4) is 0 Å². The highest BCUT2D eigenvalue weighted by Crippen LogP contribution is 2.26. The Balaban J connectivity index is 1.81. The topological polar surface area (TPSA) is 55.1 Å². The van der Waals surface area contributed by atoms with Crippen molar-refractivity contribution in [2.24, 2.45) is 0 Å². The molecule has 0 aliphatic rings. The van der Waals surface area contributed by atoms with Gasteiger partial charge in [-0.25, -0.2) is 0 Å². The van der Waals surface area contributed by atoms with Crippen LogP contribution in [0.5, 0.6) is 0 Å². The highest BCUT2D eigenvalue weighted by Gasteiger charge is 2.13. The summed E-state index contributed by atoms with van der Waals surface area (Å²) in [6.45, 7) is 0. The van der Waals surface area contributed by atoms with Crippen LogP contribution in [-0.2, 0) is 0 Å². The van der Waals surface area contributed by atoms with Crippen LogP contribution in [0.2, 0.25) is 10.0 Å². The third kappa shape index (κ3) is 3.53. The molecule has 120 valence electrons. The molecule has 3 aromatic carbocycles. The summed E-state index contributed by atoms with van der Waals surface area (Å²) >= 11 is 12.0. The summed E-state index contributed by atoms with van der Waals surface area (Å²) < 4.78 is 0. The van der Waals surface area contributed by atoms with Crippen molar-refractivity contribution < 1.29 is 4.79 Å². The molecule has 0 aliphatic carbocycles. The molecule has 24 heavy (non-hydrogen) atoms. The maximum Gasteiger partial charge on any atom is 0.194 e. The molecule has 0 radical (unpaired) electrons. The molecule has 0 fully saturated rings. The van der Waals surface area contributed by atoms with Crippen LogP contribution in [0.3, 0.4) is 0 Å². The van der Waals surface area contributed by atoms with Crippen LogP contribution in [0.4, 0.5) is 17.1 Å². The highest BCUT2D eigenvalue weighted by atomic mass is 35.5. The van der Waals surface area contributed by atoms with Gasteiger partial charge in [-0.3, -0.25) is 4.79 Å². The van der Waals surface area contributed by atoms with Gasteiger partial charge in [-0.1, -0.05) is 35.3 Å². The van der Waals surface area contributed by atoms with E-state index in [0.717, 1.165) is 11.4 Å². The molecule has 5 heteroatoms. The second kappa shape index (κ2) is 6.95. The van der Waals surface area contributed by atoms with Crippen molar-refractivity contribution in [2.75, 3.05) is 11.1 Å². The second-order valence-electron chi connectivity index (χ2n) is 5.24. The molecule has 0 saturated heterocycles. The summed E-state index contributed by atoms with van der Waals surface area (Å²) in [5.74, 6) is -0.151. The number of carbonyl (C=O) groups is 1. The van der Waals surface area contributed by atoms with E-state index in [-0.39, 0.29) is 5.78 Å². The molecular weight excluding hydrogens is 343 g/mol. The molecular formula is C19H14Cl2N2O. The van der Waals surface area contributed by atoms with Crippen LogP contribution in [0, 0.1) is 0 Å². The van der Waals surface area contributed by atoms with Crippen molar-refractivity contribution >= 4 is 46.0 Å². The number of ketones is 1. The quantitative estimate of drug-likeness (QED) is 0.475. The van der Waals surface area contributed by atoms with Crippen molar-refractivity contribution in [1.29, 1.82) is 0 Å². The van der Waals surface area contributed by atoms with E-state index < -0.39 is 0 Å². The van der Waals surface area contributed by atoms with Gasteiger partial charge >= 0.3 is 0 Å². The number of nitrogens with two attached hydrogens (primary N) is 1. The van der Waals surface area contributed by atoms with Gasteiger partial charge in [0.1, 0.15) is 0 Å². The van der Waals surface area contributed by atoms with Crippen LogP contribution in [0.1, 0.15) is 15.9 Å². The number of benzene rings is 3. The number of nitrogens with one attached hydrogen (secondary N) is 1. The lowest BCUT2D eigenvalue weighted by atomic mass is 10.0. The lowest BCUT2D eigenvalue weighted by molar-refractivity contribution is 0.103. The van der Waals surface area contributed by atoms with E-state index in [0.29, 0.717) is 26.9 Å². The second-order valence-corrected chi connectivity index (χ2v) is 6.09. The summed E-state index contributed by atoms with van der Waals surface area (Å²) in [6, 6.07) is 19.5. The number of rotatable bonds is 4. The summed E-state index contributed by atoms with van der Waals surface area (Å²) in [4.78, 5) is 12.5. The van der Waals surface area contributed by atoms with Crippen molar-refractivity contribution in [3.63, 3.8) is 0 Å². The molecule has 0 spiro atoms. The average Bonchev–Trinajstić information content (AvgIpc) is 2.57. The standard InChI is InChI=1S/C19H14Cl2N2O/c20-13-7-10-15(16(21)11-13)19(24)12-5-8-14(9-6-12)23-18-4-2-1-3-17(18)22/h1-11,23H,22H2. The van der Waals surface area contributed by atoms with Gasteiger partial charge in [-0.15, -0.1) is 0 Å². The lowest BCUT2D eigenvalue weighted by Gasteiger charge is -2.10. The minimum Gasteiger partial charge on any atom is -0.397 e. The first-order valence-corrected chi connectivity index (χ1v) is 8.01. The predicted molar refractivity (Wildman–Crippen MR) is 100 cm³/mol. The van der Waals surface area contributed by atoms with Crippen molar-refractivity contribution in [1.82, 2.24) is 0 Å². The summed E-state index contributed by atoms with van der Waals surface area (Å²) in [5.41, 5.74) is 9.20. The monoisotopic (exact) mass is 356 g/mol. The number of halogens is 2. The molecule has 0 aliphatic heterocycles. The van der Waals surface area contributed by atoms with E-state index >= 15 is 0 Å². The van der Waals surface area contributed by atoms with Gasteiger partial charge in [-0.05, 0) is 54.6 Å². The Labute approximate surface area is 150 Å². The fraction of sp³-hybridized carbons (Fsp3) is 0.